The summed E-state index contributed by atoms with van der Waals surface area (Å²) < 4.78 is 1.91. The van der Waals surface area contributed by atoms with Gasteiger partial charge in [-0.3, -0.25) is 4.68 Å². The summed E-state index contributed by atoms with van der Waals surface area (Å²) in [6.07, 6.45) is 0. The summed E-state index contributed by atoms with van der Waals surface area (Å²) in [4.78, 5) is 0. The van der Waals surface area contributed by atoms with Crippen molar-refractivity contribution < 1.29 is 5.11 Å². The van der Waals surface area contributed by atoms with Crippen molar-refractivity contribution in [1.29, 1.82) is 0 Å². The molecule has 0 aromatic carbocycles. The molecule has 1 aromatic heterocycles. The molecule has 0 unspecified atom stereocenters. The molecular weight excluding hydrogens is 140 g/mol. The molecule has 0 aliphatic carbocycles. The van der Waals surface area contributed by atoms with Gasteiger partial charge in [0.2, 0.25) is 0 Å². The van der Waals surface area contributed by atoms with Gasteiger partial charge >= 0.3 is 0 Å². The summed E-state index contributed by atoms with van der Waals surface area (Å²) in [7, 11) is 0. The van der Waals surface area contributed by atoms with E-state index in [1.165, 1.54) is 0 Å². The molecule has 0 radical (unpaired) electrons. The van der Waals surface area contributed by atoms with Crippen LogP contribution in [-0.4, -0.2) is 14.9 Å². The fraction of sp³-hybridized carbons (Fsp3) is 0.625. The van der Waals surface area contributed by atoms with Crippen molar-refractivity contribution in [3.05, 3.63) is 17.5 Å². The molecule has 0 aliphatic heterocycles. The van der Waals surface area contributed by atoms with E-state index in [4.69, 9.17) is 5.11 Å². The minimum absolute atomic E-state index is 0.0283. The largest absolute Gasteiger partial charge is 0.390 e. The van der Waals surface area contributed by atoms with Gasteiger partial charge in [-0.2, -0.15) is 5.10 Å². The molecule has 11 heavy (non-hydrogen) atoms. The van der Waals surface area contributed by atoms with Crippen LogP contribution in [0.5, 0.6) is 0 Å². The summed E-state index contributed by atoms with van der Waals surface area (Å²) in [6, 6.07) is 2.27. The normalized spacial score (nSPS) is 11.0. The van der Waals surface area contributed by atoms with Crippen LogP contribution in [0.2, 0.25) is 0 Å². The van der Waals surface area contributed by atoms with Gasteiger partial charge < -0.3 is 5.11 Å². The van der Waals surface area contributed by atoms with Crippen LogP contribution in [-0.2, 0) is 6.61 Å². The Morgan fingerprint density at radius 3 is 2.55 bits per heavy atom. The first-order chi connectivity index (χ1) is 5.15. The van der Waals surface area contributed by atoms with Crippen molar-refractivity contribution in [3.63, 3.8) is 0 Å². The minimum atomic E-state index is 0.0283. The molecule has 1 heterocycles. The summed E-state index contributed by atoms with van der Waals surface area (Å²) in [5, 5.41) is 13.0. The maximum atomic E-state index is 8.78. The van der Waals surface area contributed by atoms with Crippen molar-refractivity contribution in [2.75, 3.05) is 0 Å². The molecule has 1 N–H and O–H groups in total. The Labute approximate surface area is 66.7 Å². The Balaban J connectivity index is 2.97. The van der Waals surface area contributed by atoms with Crippen molar-refractivity contribution in [2.24, 2.45) is 0 Å². The molecule has 0 amide bonds. The highest BCUT2D eigenvalue weighted by atomic mass is 16.3. The molecule has 0 fully saturated rings. The van der Waals surface area contributed by atoms with Crippen molar-refractivity contribution in [1.82, 2.24) is 9.78 Å². The number of hydrogen-bond donors (Lipinski definition) is 1. The fourth-order valence-electron chi connectivity index (χ4n) is 1.15. The third-order valence-corrected chi connectivity index (χ3v) is 1.62. The maximum Gasteiger partial charge on any atom is 0.0881 e. The Morgan fingerprint density at radius 1 is 1.64 bits per heavy atom. The van der Waals surface area contributed by atoms with Crippen molar-refractivity contribution in [3.8, 4) is 0 Å². The highest BCUT2D eigenvalue weighted by molar-refractivity contribution is 5.08. The number of nitrogens with zero attached hydrogens (tertiary/aromatic N) is 2. The molecule has 0 saturated heterocycles. The van der Waals surface area contributed by atoms with Crippen LogP contribution in [0.3, 0.4) is 0 Å². The molecular formula is C8H14N2O. The predicted octanol–water partition coefficient (Wildman–Crippen LogP) is 1.26. The first-order valence-corrected chi connectivity index (χ1v) is 3.81. The molecule has 0 bridgehead atoms. The highest BCUT2D eigenvalue weighted by Gasteiger charge is 2.04. The molecule has 0 aliphatic rings. The summed E-state index contributed by atoms with van der Waals surface area (Å²) in [6.45, 7) is 6.16. The second-order valence-corrected chi connectivity index (χ2v) is 2.97. The van der Waals surface area contributed by atoms with Crippen LogP contribution in [0.1, 0.15) is 31.3 Å². The molecule has 3 heteroatoms. The molecule has 0 saturated carbocycles. The Kier molecular flexibility index (Phi) is 2.29. The van der Waals surface area contributed by atoms with Gasteiger partial charge in [-0.05, 0) is 26.8 Å². The SMILES string of the molecule is Cc1cc(CO)nn1C(C)C. The Bertz CT molecular complexity index is 240. The quantitative estimate of drug-likeness (QED) is 0.696. The number of rotatable bonds is 2. The topological polar surface area (TPSA) is 38.1 Å². The molecule has 3 nitrogen and oxygen atoms in total. The average molecular weight is 154 g/mol. The zero-order valence-corrected chi connectivity index (χ0v) is 7.20. The van der Waals surface area contributed by atoms with Crippen LogP contribution >= 0.6 is 0 Å². The molecule has 1 aromatic rings. The van der Waals surface area contributed by atoms with E-state index in [1.807, 2.05) is 17.7 Å². The van der Waals surface area contributed by atoms with Crippen LogP contribution in [0.15, 0.2) is 6.07 Å². The lowest BCUT2D eigenvalue weighted by Crippen LogP contribution is -2.04. The average Bonchev–Trinajstić information content (AvgIpc) is 2.30. The van der Waals surface area contributed by atoms with Gasteiger partial charge in [0.25, 0.3) is 0 Å². The van der Waals surface area contributed by atoms with Crippen molar-refractivity contribution in [2.45, 2.75) is 33.4 Å². The number of hydrogen-bond acceptors (Lipinski definition) is 2. The standard InChI is InChI=1S/C8H14N2O/c1-6(2)10-7(3)4-8(5-11)9-10/h4,6,11H,5H2,1-3H3. The van der Waals surface area contributed by atoms with E-state index in [1.54, 1.807) is 0 Å². The van der Waals surface area contributed by atoms with Crippen molar-refractivity contribution >= 4 is 0 Å². The first kappa shape index (κ1) is 8.27. The van der Waals surface area contributed by atoms with E-state index in [2.05, 4.69) is 18.9 Å². The fourth-order valence-corrected chi connectivity index (χ4v) is 1.15. The van der Waals surface area contributed by atoms with Crippen LogP contribution in [0.25, 0.3) is 0 Å². The molecule has 0 atom stereocenters. The van der Waals surface area contributed by atoms with E-state index in [0.29, 0.717) is 6.04 Å². The predicted molar refractivity (Wildman–Crippen MR) is 43.3 cm³/mol. The van der Waals surface area contributed by atoms with Gasteiger partial charge in [0.1, 0.15) is 0 Å². The third-order valence-electron chi connectivity index (χ3n) is 1.62. The Morgan fingerprint density at radius 2 is 2.27 bits per heavy atom. The van der Waals surface area contributed by atoms with Gasteiger partial charge in [-0.25, -0.2) is 0 Å². The number of aromatic nitrogens is 2. The van der Waals surface area contributed by atoms with Crippen LogP contribution in [0.4, 0.5) is 0 Å². The monoisotopic (exact) mass is 154 g/mol. The van der Waals surface area contributed by atoms with E-state index in [-0.39, 0.29) is 6.61 Å². The summed E-state index contributed by atoms with van der Waals surface area (Å²) in [5.41, 5.74) is 1.85. The zero-order valence-electron chi connectivity index (χ0n) is 7.20. The second-order valence-electron chi connectivity index (χ2n) is 2.97. The highest BCUT2D eigenvalue weighted by Crippen LogP contribution is 2.09. The van der Waals surface area contributed by atoms with E-state index >= 15 is 0 Å². The lowest BCUT2D eigenvalue weighted by atomic mass is 10.3. The van der Waals surface area contributed by atoms with Crippen LogP contribution < -0.4 is 0 Å². The lowest BCUT2D eigenvalue weighted by Gasteiger charge is -2.06. The number of aliphatic hydroxyl groups is 1. The van der Waals surface area contributed by atoms with Gasteiger partial charge in [-0.1, -0.05) is 0 Å². The van der Waals surface area contributed by atoms with E-state index in [0.717, 1.165) is 11.4 Å². The second kappa shape index (κ2) is 3.05. The van der Waals surface area contributed by atoms with Gasteiger partial charge in [0.05, 0.1) is 12.3 Å². The molecule has 0 spiro atoms. The van der Waals surface area contributed by atoms with Gasteiger partial charge in [0, 0.05) is 11.7 Å². The summed E-state index contributed by atoms with van der Waals surface area (Å²) >= 11 is 0. The maximum absolute atomic E-state index is 8.78. The number of aliphatic hydroxyl groups excluding tert-OH is 1. The molecule has 1 rings (SSSR count). The summed E-state index contributed by atoms with van der Waals surface area (Å²) in [5.74, 6) is 0. The Hall–Kier alpha value is -0.830. The van der Waals surface area contributed by atoms with Crippen LogP contribution in [0, 0.1) is 6.92 Å². The minimum Gasteiger partial charge on any atom is -0.390 e. The van der Waals surface area contributed by atoms with E-state index < -0.39 is 0 Å². The zero-order chi connectivity index (χ0) is 8.43. The first-order valence-electron chi connectivity index (χ1n) is 3.81. The van der Waals surface area contributed by atoms with Gasteiger partial charge in [-0.15, -0.1) is 0 Å². The smallest absolute Gasteiger partial charge is 0.0881 e. The van der Waals surface area contributed by atoms with E-state index in [9.17, 15) is 0 Å². The molecule has 62 valence electrons. The van der Waals surface area contributed by atoms with Gasteiger partial charge in [0.15, 0.2) is 0 Å². The number of aryl methyl sites for hydroxylation is 1. The third kappa shape index (κ3) is 1.60. The lowest BCUT2D eigenvalue weighted by molar-refractivity contribution is 0.274.